The molecule has 0 saturated heterocycles. The Morgan fingerprint density at radius 1 is 1.41 bits per heavy atom. The minimum absolute atomic E-state index is 0.269. The topological polar surface area (TPSA) is 20.3 Å². The van der Waals surface area contributed by atoms with E-state index in [9.17, 15) is 4.79 Å². The van der Waals surface area contributed by atoms with Crippen molar-refractivity contribution < 1.29 is 4.79 Å². The Morgan fingerprint density at radius 3 is 3.05 bits per heavy atom. The Morgan fingerprint density at radius 2 is 2.27 bits per heavy atom. The standard InChI is InChI=1S/C18H20BrNOS/c1-2-16-15-9-11-22-17(15)8-10-20(16)18(21)7-6-13-4-3-5-14(19)12-13/h3-5,9,11-12,16H,2,6-8,10H2,1H3. The van der Waals surface area contributed by atoms with Crippen molar-refractivity contribution in [2.75, 3.05) is 6.54 Å². The summed E-state index contributed by atoms with van der Waals surface area (Å²) in [7, 11) is 0. The first-order valence-electron chi connectivity index (χ1n) is 7.79. The number of hydrogen-bond acceptors (Lipinski definition) is 2. The van der Waals surface area contributed by atoms with E-state index in [1.165, 1.54) is 16.0 Å². The molecule has 0 spiro atoms. The fourth-order valence-electron chi connectivity index (χ4n) is 3.22. The van der Waals surface area contributed by atoms with Crippen molar-refractivity contribution in [2.24, 2.45) is 0 Å². The van der Waals surface area contributed by atoms with E-state index in [1.54, 1.807) is 0 Å². The quantitative estimate of drug-likeness (QED) is 0.735. The number of amides is 1. The summed E-state index contributed by atoms with van der Waals surface area (Å²) in [5.41, 5.74) is 2.58. The van der Waals surface area contributed by atoms with Gasteiger partial charge in [0.15, 0.2) is 0 Å². The largest absolute Gasteiger partial charge is 0.335 e. The van der Waals surface area contributed by atoms with Crippen LogP contribution < -0.4 is 0 Å². The summed E-state index contributed by atoms with van der Waals surface area (Å²) < 4.78 is 1.07. The van der Waals surface area contributed by atoms with Crippen LogP contribution in [0.4, 0.5) is 0 Å². The molecular formula is C18H20BrNOS. The molecule has 2 nitrogen and oxygen atoms in total. The van der Waals surface area contributed by atoms with Crippen LogP contribution in [0.2, 0.25) is 0 Å². The molecule has 0 saturated carbocycles. The molecule has 1 amide bonds. The van der Waals surface area contributed by atoms with Crippen molar-refractivity contribution in [1.82, 2.24) is 4.90 Å². The minimum atomic E-state index is 0.269. The summed E-state index contributed by atoms with van der Waals surface area (Å²) >= 11 is 5.31. The van der Waals surface area contributed by atoms with Gasteiger partial charge in [-0.25, -0.2) is 0 Å². The highest BCUT2D eigenvalue weighted by Crippen LogP contribution is 2.35. The number of hydrogen-bond donors (Lipinski definition) is 0. The SMILES string of the molecule is CCC1c2ccsc2CCN1C(=O)CCc1cccc(Br)c1. The van der Waals surface area contributed by atoms with E-state index in [2.05, 4.69) is 51.3 Å². The average Bonchev–Trinajstić information content (AvgIpc) is 3.00. The summed E-state index contributed by atoms with van der Waals surface area (Å²) in [5, 5.41) is 2.16. The third kappa shape index (κ3) is 3.28. The second-order valence-corrected chi connectivity index (χ2v) is 7.61. The maximum Gasteiger partial charge on any atom is 0.223 e. The van der Waals surface area contributed by atoms with Gasteiger partial charge in [0, 0.05) is 22.3 Å². The van der Waals surface area contributed by atoms with Crippen LogP contribution in [-0.4, -0.2) is 17.4 Å². The Bertz CT molecular complexity index is 667. The van der Waals surface area contributed by atoms with E-state index in [-0.39, 0.29) is 11.9 Å². The molecule has 1 unspecified atom stereocenters. The van der Waals surface area contributed by atoms with E-state index in [0.717, 1.165) is 30.3 Å². The van der Waals surface area contributed by atoms with Gasteiger partial charge in [0.1, 0.15) is 0 Å². The van der Waals surface area contributed by atoms with Crippen LogP contribution in [0.25, 0.3) is 0 Å². The van der Waals surface area contributed by atoms with E-state index in [4.69, 9.17) is 0 Å². The lowest BCUT2D eigenvalue weighted by Crippen LogP contribution is -2.39. The molecule has 1 aliphatic rings. The van der Waals surface area contributed by atoms with Crippen LogP contribution >= 0.6 is 27.3 Å². The number of carbonyl (C=O) groups is 1. The van der Waals surface area contributed by atoms with Crippen molar-refractivity contribution in [3.8, 4) is 0 Å². The molecule has 1 aliphatic heterocycles. The van der Waals surface area contributed by atoms with Gasteiger partial charge in [-0.3, -0.25) is 4.79 Å². The van der Waals surface area contributed by atoms with E-state index >= 15 is 0 Å². The van der Waals surface area contributed by atoms with E-state index in [1.807, 2.05) is 23.5 Å². The zero-order valence-electron chi connectivity index (χ0n) is 12.7. The third-order valence-corrected chi connectivity index (χ3v) is 5.81. The summed E-state index contributed by atoms with van der Waals surface area (Å²) in [5.74, 6) is 0.281. The van der Waals surface area contributed by atoms with Gasteiger partial charge in [0.2, 0.25) is 5.91 Å². The number of benzene rings is 1. The van der Waals surface area contributed by atoms with Crippen molar-refractivity contribution in [3.05, 3.63) is 56.2 Å². The molecule has 0 aliphatic carbocycles. The number of carbonyl (C=O) groups excluding carboxylic acids is 1. The van der Waals surface area contributed by atoms with Crippen molar-refractivity contribution in [2.45, 2.75) is 38.6 Å². The smallest absolute Gasteiger partial charge is 0.223 e. The predicted octanol–water partition coefficient (Wildman–Crippen LogP) is 4.98. The van der Waals surface area contributed by atoms with Gasteiger partial charge >= 0.3 is 0 Å². The zero-order valence-corrected chi connectivity index (χ0v) is 15.1. The van der Waals surface area contributed by atoms with Crippen LogP contribution in [0.3, 0.4) is 0 Å². The molecule has 1 aromatic carbocycles. The van der Waals surface area contributed by atoms with Crippen molar-refractivity contribution >= 4 is 33.2 Å². The fourth-order valence-corrected chi connectivity index (χ4v) is 4.60. The lowest BCUT2D eigenvalue weighted by Gasteiger charge is -2.35. The number of thiophene rings is 1. The maximum absolute atomic E-state index is 12.7. The highest BCUT2D eigenvalue weighted by molar-refractivity contribution is 9.10. The van der Waals surface area contributed by atoms with Gasteiger partial charge in [-0.2, -0.15) is 0 Å². The Labute approximate surface area is 144 Å². The van der Waals surface area contributed by atoms with Crippen LogP contribution in [0.15, 0.2) is 40.2 Å². The monoisotopic (exact) mass is 377 g/mol. The van der Waals surface area contributed by atoms with Crippen LogP contribution in [0.5, 0.6) is 0 Å². The number of fused-ring (bicyclic) bond motifs is 1. The highest BCUT2D eigenvalue weighted by Gasteiger charge is 2.29. The van der Waals surface area contributed by atoms with Gasteiger partial charge in [-0.1, -0.05) is 35.0 Å². The molecule has 2 heterocycles. The molecule has 116 valence electrons. The van der Waals surface area contributed by atoms with Crippen LogP contribution in [0.1, 0.15) is 41.8 Å². The third-order valence-electron chi connectivity index (χ3n) is 4.32. The van der Waals surface area contributed by atoms with Gasteiger partial charge in [-0.05, 0) is 54.0 Å². The molecule has 0 fully saturated rings. The van der Waals surface area contributed by atoms with Gasteiger partial charge in [-0.15, -0.1) is 11.3 Å². The molecule has 0 N–H and O–H groups in total. The number of nitrogens with zero attached hydrogens (tertiary/aromatic N) is 1. The summed E-state index contributed by atoms with van der Waals surface area (Å²) in [6.07, 6.45) is 3.40. The van der Waals surface area contributed by atoms with Gasteiger partial charge in [0.25, 0.3) is 0 Å². The lowest BCUT2D eigenvalue weighted by molar-refractivity contribution is -0.134. The Kier molecular flexibility index (Phi) is 4.99. The van der Waals surface area contributed by atoms with Crippen LogP contribution in [-0.2, 0) is 17.6 Å². The molecule has 3 rings (SSSR count). The first-order chi connectivity index (χ1) is 10.7. The number of aryl methyl sites for hydroxylation is 1. The second-order valence-electron chi connectivity index (χ2n) is 5.69. The molecule has 0 radical (unpaired) electrons. The molecule has 1 aromatic heterocycles. The highest BCUT2D eigenvalue weighted by atomic mass is 79.9. The second kappa shape index (κ2) is 6.97. The summed E-state index contributed by atoms with van der Waals surface area (Å²) in [6, 6.07) is 10.7. The summed E-state index contributed by atoms with van der Waals surface area (Å²) in [6.45, 7) is 3.04. The van der Waals surface area contributed by atoms with Crippen LogP contribution in [0, 0.1) is 0 Å². The lowest BCUT2D eigenvalue weighted by atomic mass is 9.97. The van der Waals surface area contributed by atoms with Gasteiger partial charge in [0.05, 0.1) is 6.04 Å². The molecular weight excluding hydrogens is 358 g/mol. The first kappa shape index (κ1) is 15.8. The molecule has 4 heteroatoms. The summed E-state index contributed by atoms with van der Waals surface area (Å²) in [4.78, 5) is 16.2. The molecule has 22 heavy (non-hydrogen) atoms. The zero-order chi connectivity index (χ0) is 15.5. The molecule has 1 atom stereocenters. The van der Waals surface area contributed by atoms with Crippen molar-refractivity contribution in [1.29, 1.82) is 0 Å². The minimum Gasteiger partial charge on any atom is -0.335 e. The van der Waals surface area contributed by atoms with Gasteiger partial charge < -0.3 is 4.90 Å². The van der Waals surface area contributed by atoms with E-state index < -0.39 is 0 Å². The normalized spacial score (nSPS) is 17.4. The van der Waals surface area contributed by atoms with Crippen molar-refractivity contribution in [3.63, 3.8) is 0 Å². The average molecular weight is 378 g/mol. The Balaban J connectivity index is 1.67. The number of halogens is 1. The fraction of sp³-hybridized carbons (Fsp3) is 0.389. The first-order valence-corrected chi connectivity index (χ1v) is 9.46. The Hall–Kier alpha value is -1.13. The number of rotatable bonds is 4. The molecule has 0 bridgehead atoms. The predicted molar refractivity (Wildman–Crippen MR) is 95.2 cm³/mol. The maximum atomic E-state index is 12.7. The molecule has 2 aromatic rings. The van der Waals surface area contributed by atoms with E-state index in [0.29, 0.717) is 6.42 Å².